The molecule has 0 spiro atoms. The molecular formula is C3H4O4. The molecule has 0 rings (SSSR count). The van der Waals surface area contributed by atoms with E-state index in [9.17, 15) is 4.79 Å². The van der Waals surface area contributed by atoms with E-state index in [0.717, 1.165) is 6.08 Å². The molecule has 7 heavy (non-hydrogen) atoms. The Morgan fingerprint density at radius 2 is 1.71 bits per heavy atom. The Morgan fingerprint density at radius 1 is 1.57 bits per heavy atom. The van der Waals surface area contributed by atoms with Gasteiger partial charge in [-0.25, -0.2) is 4.79 Å². The highest BCUT2D eigenvalue weighted by Crippen LogP contribution is 1.54. The van der Waals surface area contributed by atoms with Gasteiger partial charge in [0.15, 0.2) is 0 Å². The maximum Gasteiger partial charge on any atom is 0.327 e. The summed E-state index contributed by atoms with van der Waals surface area (Å²) in [6.07, 6.45) is 0.833. The lowest BCUT2D eigenvalue weighted by Crippen LogP contribution is -1.82. The van der Waals surface area contributed by atoms with Crippen LogP contribution in [0.15, 0.2) is 12.7 Å². The molecule has 0 saturated heterocycles. The number of hydrogen-bond donors (Lipinski definition) is 1. The molecule has 0 unspecified atom stereocenters. The topological polar surface area (TPSA) is 71.4 Å². The summed E-state index contributed by atoms with van der Waals surface area (Å²) in [6.45, 7) is 2.96. The van der Waals surface area contributed by atoms with E-state index in [1.807, 2.05) is 0 Å². The number of carboxylic acid groups (broad SMARTS) is 1. The first-order chi connectivity index (χ1) is 3.27. The fourth-order valence-corrected chi connectivity index (χ4v) is 0. The quantitative estimate of drug-likeness (QED) is 0.486. The second-order valence-electron chi connectivity index (χ2n) is 0.542. The summed E-state index contributed by atoms with van der Waals surface area (Å²) in [7, 11) is 0. The van der Waals surface area contributed by atoms with Crippen molar-refractivity contribution in [2.75, 3.05) is 0 Å². The van der Waals surface area contributed by atoms with Crippen molar-refractivity contribution < 1.29 is 9.90 Å². The molecular weight excluding hydrogens is 100 g/mol. The van der Waals surface area contributed by atoms with Gasteiger partial charge in [-0.15, -0.1) is 0 Å². The van der Waals surface area contributed by atoms with Crippen LogP contribution in [0.1, 0.15) is 0 Å². The molecule has 0 saturated carbocycles. The van der Waals surface area contributed by atoms with Crippen LogP contribution >= 0.6 is 0 Å². The van der Waals surface area contributed by atoms with E-state index in [1.165, 1.54) is 0 Å². The highest BCUT2D eigenvalue weighted by Gasteiger charge is 1.73. The summed E-state index contributed by atoms with van der Waals surface area (Å²) in [4.78, 5) is 23.2. The molecule has 0 heterocycles. The van der Waals surface area contributed by atoms with Gasteiger partial charge in [0.05, 0.1) is 0 Å². The van der Waals surface area contributed by atoms with Crippen molar-refractivity contribution in [3.63, 3.8) is 0 Å². The summed E-state index contributed by atoms with van der Waals surface area (Å²) >= 11 is 0. The zero-order valence-electron chi connectivity index (χ0n) is 3.46. The lowest BCUT2D eigenvalue weighted by atomic mass is 10.7. The molecule has 0 aliphatic heterocycles. The van der Waals surface area contributed by atoms with Crippen molar-refractivity contribution in [1.82, 2.24) is 0 Å². The molecule has 0 bridgehead atoms. The number of carbonyl (C=O) groups is 1. The van der Waals surface area contributed by atoms with Gasteiger partial charge in [-0.05, 0) is 0 Å². The van der Waals surface area contributed by atoms with Gasteiger partial charge in [0.25, 0.3) is 0 Å². The van der Waals surface area contributed by atoms with Crippen molar-refractivity contribution in [3.05, 3.63) is 22.6 Å². The van der Waals surface area contributed by atoms with Crippen molar-refractivity contribution >= 4 is 5.97 Å². The van der Waals surface area contributed by atoms with Gasteiger partial charge in [0, 0.05) is 16.0 Å². The molecule has 0 aliphatic carbocycles. The summed E-state index contributed by atoms with van der Waals surface area (Å²) in [6, 6.07) is 0. The minimum atomic E-state index is -0.981. The van der Waals surface area contributed by atoms with Gasteiger partial charge in [0.1, 0.15) is 0 Å². The Labute approximate surface area is 39.7 Å². The fourth-order valence-electron chi connectivity index (χ4n) is 0. The molecule has 4 nitrogen and oxygen atoms in total. The van der Waals surface area contributed by atoms with E-state index < -0.39 is 5.97 Å². The van der Waals surface area contributed by atoms with Gasteiger partial charge >= 0.3 is 5.97 Å². The lowest BCUT2D eigenvalue weighted by Gasteiger charge is -1.64. The normalized spacial score (nSPS) is 5.14. The smallest absolute Gasteiger partial charge is 0.327 e. The minimum absolute atomic E-state index is 0.833. The predicted octanol–water partition coefficient (Wildman–Crippen LogP) is 0.324. The first-order valence-electron chi connectivity index (χ1n) is 1.29. The van der Waals surface area contributed by atoms with E-state index in [-0.39, 0.29) is 0 Å². The van der Waals surface area contributed by atoms with E-state index >= 15 is 0 Å². The van der Waals surface area contributed by atoms with Crippen LogP contribution in [-0.2, 0) is 4.79 Å². The van der Waals surface area contributed by atoms with Crippen LogP contribution in [0.2, 0.25) is 0 Å². The Balaban J connectivity index is 0. The van der Waals surface area contributed by atoms with Crippen LogP contribution in [0.3, 0.4) is 0 Å². The zero-order valence-corrected chi connectivity index (χ0v) is 3.46. The molecule has 40 valence electrons. The molecule has 0 atom stereocenters. The standard InChI is InChI=1S/C3H4O2.O2/c1-2-3(4)5;1-2/h2H,1H2,(H,4,5);. The van der Waals surface area contributed by atoms with Crippen LogP contribution < -0.4 is 0 Å². The van der Waals surface area contributed by atoms with Crippen molar-refractivity contribution in [2.45, 2.75) is 0 Å². The average molecular weight is 104 g/mol. The van der Waals surface area contributed by atoms with Crippen LogP contribution in [0, 0.1) is 9.93 Å². The van der Waals surface area contributed by atoms with E-state index in [4.69, 9.17) is 15.0 Å². The van der Waals surface area contributed by atoms with Gasteiger partial charge < -0.3 is 5.11 Å². The van der Waals surface area contributed by atoms with Crippen molar-refractivity contribution in [2.24, 2.45) is 0 Å². The number of rotatable bonds is 1. The molecule has 0 aliphatic rings. The van der Waals surface area contributed by atoms with E-state index in [0.29, 0.717) is 0 Å². The number of hydrogen-bond acceptors (Lipinski definition) is 3. The number of carboxylic acids is 1. The molecule has 4 heteroatoms. The molecule has 0 fully saturated rings. The molecule has 0 radical (unpaired) electrons. The highest BCUT2D eigenvalue weighted by atomic mass is 16.7. The third kappa shape index (κ3) is 57.9. The maximum absolute atomic E-state index is 9.25. The van der Waals surface area contributed by atoms with Gasteiger partial charge in [-0.1, -0.05) is 6.58 Å². The Bertz CT molecular complexity index is 67.3. The second kappa shape index (κ2) is 8.84. The molecule has 0 aromatic heterocycles. The summed E-state index contributed by atoms with van der Waals surface area (Å²) in [5.41, 5.74) is 0. The van der Waals surface area contributed by atoms with Crippen LogP contribution in [0.5, 0.6) is 0 Å². The highest BCUT2D eigenvalue weighted by molar-refractivity contribution is 5.78. The van der Waals surface area contributed by atoms with Crippen LogP contribution in [0.4, 0.5) is 0 Å². The van der Waals surface area contributed by atoms with Crippen molar-refractivity contribution in [3.8, 4) is 0 Å². The Morgan fingerprint density at radius 3 is 1.71 bits per heavy atom. The molecule has 0 aromatic rings. The predicted molar refractivity (Wildman–Crippen MR) is 24.6 cm³/mol. The summed E-state index contributed by atoms with van der Waals surface area (Å²) in [5.74, 6) is -0.981. The summed E-state index contributed by atoms with van der Waals surface area (Å²) < 4.78 is 0. The average Bonchev–Trinajstić information content (AvgIpc) is 1.73. The molecule has 1 N–H and O–H groups in total. The third-order valence-electron chi connectivity index (χ3n) is 0.175. The molecule has 0 amide bonds. The van der Waals surface area contributed by atoms with E-state index in [1.54, 1.807) is 0 Å². The molecule has 0 aromatic carbocycles. The van der Waals surface area contributed by atoms with Gasteiger partial charge in [-0.3, -0.25) is 0 Å². The fraction of sp³-hybridized carbons (Fsp3) is 0. The number of aliphatic carboxylic acids is 1. The second-order valence-corrected chi connectivity index (χ2v) is 0.542. The first-order valence-corrected chi connectivity index (χ1v) is 1.29. The monoisotopic (exact) mass is 104 g/mol. The zero-order chi connectivity index (χ0) is 6.28. The van der Waals surface area contributed by atoms with Crippen LogP contribution in [0.25, 0.3) is 0 Å². The third-order valence-corrected chi connectivity index (χ3v) is 0.175. The lowest BCUT2D eigenvalue weighted by molar-refractivity contribution is -0.131. The summed E-state index contributed by atoms with van der Waals surface area (Å²) in [5, 5.41) is 7.60. The first kappa shape index (κ1) is 9.26. The van der Waals surface area contributed by atoms with E-state index in [2.05, 4.69) is 6.58 Å². The minimum Gasteiger partial charge on any atom is -0.478 e. The van der Waals surface area contributed by atoms with Gasteiger partial charge in [0.2, 0.25) is 0 Å². The maximum atomic E-state index is 9.25. The SMILES string of the molecule is C=CC(=O)O.O=O. The van der Waals surface area contributed by atoms with Crippen LogP contribution in [-0.4, -0.2) is 11.1 Å². The Kier molecular flexibility index (Phi) is 11.7. The van der Waals surface area contributed by atoms with Gasteiger partial charge in [-0.2, -0.15) is 0 Å². The largest absolute Gasteiger partial charge is 0.478 e. The van der Waals surface area contributed by atoms with Crippen molar-refractivity contribution in [1.29, 1.82) is 0 Å². The Hall–Kier alpha value is -1.19.